The van der Waals surface area contributed by atoms with Gasteiger partial charge in [-0.25, -0.2) is 0 Å². The van der Waals surface area contributed by atoms with Crippen LogP contribution >= 0.6 is 24.8 Å². The Morgan fingerprint density at radius 3 is 2.25 bits per heavy atom. The van der Waals surface area contributed by atoms with E-state index in [2.05, 4.69) is 0 Å². The molecule has 1 aliphatic rings. The van der Waals surface area contributed by atoms with Gasteiger partial charge >= 0.3 is 11.9 Å². The van der Waals surface area contributed by atoms with E-state index in [0.717, 1.165) is 0 Å². The molecule has 2 atom stereocenters. The summed E-state index contributed by atoms with van der Waals surface area (Å²) in [6.07, 6.45) is -0.190. The van der Waals surface area contributed by atoms with Crippen LogP contribution in [0.4, 0.5) is 5.69 Å². The summed E-state index contributed by atoms with van der Waals surface area (Å²) in [6.45, 7) is 0.0531. The number of carbonyl (C=O) groups is 2. The minimum Gasteiger partial charge on any atom is -0.480 e. The third kappa shape index (κ3) is 4.54. The van der Waals surface area contributed by atoms with Crippen LogP contribution in [0.15, 0.2) is 24.3 Å². The summed E-state index contributed by atoms with van der Waals surface area (Å²) in [5.74, 6) is -2.39. The fourth-order valence-corrected chi connectivity index (χ4v) is 2.53. The molecule has 9 nitrogen and oxygen atoms in total. The number of likely N-dealkylation sites (tertiary alicyclic amines) is 1. The Morgan fingerprint density at radius 2 is 1.83 bits per heavy atom. The van der Waals surface area contributed by atoms with Crippen LogP contribution in [0, 0.1) is 10.1 Å². The van der Waals surface area contributed by atoms with Gasteiger partial charge in [0.05, 0.1) is 4.92 Å². The van der Waals surface area contributed by atoms with E-state index < -0.39 is 28.4 Å². The highest BCUT2D eigenvalue weighted by Gasteiger charge is 2.49. The molecule has 134 valence electrons. The molecule has 11 heteroatoms. The van der Waals surface area contributed by atoms with Gasteiger partial charge in [-0.1, -0.05) is 12.1 Å². The number of non-ortho nitro benzene ring substituents is 1. The summed E-state index contributed by atoms with van der Waals surface area (Å²) in [4.78, 5) is 34.0. The van der Waals surface area contributed by atoms with Gasteiger partial charge in [0.2, 0.25) is 0 Å². The maximum absolute atomic E-state index is 11.3. The zero-order valence-electron chi connectivity index (χ0n) is 12.3. The Bertz CT molecular complexity index is 627. The first kappa shape index (κ1) is 22.1. The highest BCUT2D eigenvalue weighted by Crippen LogP contribution is 2.28. The Kier molecular flexibility index (Phi) is 7.58. The van der Waals surface area contributed by atoms with E-state index >= 15 is 0 Å². The zero-order valence-corrected chi connectivity index (χ0v) is 14.0. The fraction of sp³-hybridized carbons (Fsp3) is 0.385. The number of benzene rings is 1. The van der Waals surface area contributed by atoms with E-state index in [1.807, 2.05) is 0 Å². The van der Waals surface area contributed by atoms with E-state index in [1.165, 1.54) is 29.2 Å². The van der Waals surface area contributed by atoms with Crippen molar-refractivity contribution in [3.63, 3.8) is 0 Å². The van der Waals surface area contributed by atoms with Crippen molar-refractivity contribution in [3.05, 3.63) is 39.9 Å². The monoisotopic (exact) mass is 381 g/mol. The fourth-order valence-electron chi connectivity index (χ4n) is 2.53. The topological polar surface area (TPSA) is 147 Å². The molecule has 0 amide bonds. The number of nitrogens with two attached hydrogens (primary N) is 1. The van der Waals surface area contributed by atoms with E-state index in [4.69, 9.17) is 10.8 Å². The van der Waals surface area contributed by atoms with Gasteiger partial charge < -0.3 is 15.9 Å². The summed E-state index contributed by atoms with van der Waals surface area (Å²) < 4.78 is 0. The number of hydrogen-bond donors (Lipinski definition) is 3. The average Bonchev–Trinajstić information content (AvgIpc) is 2.78. The van der Waals surface area contributed by atoms with Crippen LogP contribution in [0.1, 0.15) is 12.0 Å². The Balaban J connectivity index is 0.00000264. The van der Waals surface area contributed by atoms with Gasteiger partial charge in [-0.2, -0.15) is 0 Å². The first-order valence-corrected chi connectivity index (χ1v) is 6.45. The number of aliphatic carboxylic acids is 2. The predicted molar refractivity (Wildman–Crippen MR) is 88.6 cm³/mol. The second kappa shape index (κ2) is 8.25. The molecular formula is C13H17Cl2N3O6. The number of carboxylic acid groups (broad SMARTS) is 2. The Hall–Kier alpha value is -1.94. The zero-order chi connectivity index (χ0) is 16.5. The molecule has 0 bridgehead atoms. The van der Waals surface area contributed by atoms with Crippen molar-refractivity contribution in [1.29, 1.82) is 0 Å². The second-order valence-electron chi connectivity index (χ2n) is 5.35. The summed E-state index contributed by atoms with van der Waals surface area (Å²) in [7, 11) is 0. The van der Waals surface area contributed by atoms with Crippen LogP contribution < -0.4 is 5.73 Å². The van der Waals surface area contributed by atoms with Crippen molar-refractivity contribution in [1.82, 2.24) is 4.90 Å². The van der Waals surface area contributed by atoms with Crippen LogP contribution in [0.2, 0.25) is 0 Å². The summed E-state index contributed by atoms with van der Waals surface area (Å²) in [5.41, 5.74) is 4.71. The van der Waals surface area contributed by atoms with Crippen LogP contribution in [0.25, 0.3) is 0 Å². The Labute approximate surface area is 149 Å². The molecule has 0 radical (unpaired) electrons. The molecule has 24 heavy (non-hydrogen) atoms. The van der Waals surface area contributed by atoms with Gasteiger partial charge in [0.1, 0.15) is 11.6 Å². The van der Waals surface area contributed by atoms with Crippen molar-refractivity contribution in [2.75, 3.05) is 6.54 Å². The molecule has 1 fully saturated rings. The number of nitro benzene ring substituents is 1. The summed E-state index contributed by atoms with van der Waals surface area (Å²) in [6, 6.07) is 4.64. The third-order valence-corrected chi connectivity index (χ3v) is 3.73. The molecule has 1 heterocycles. The van der Waals surface area contributed by atoms with Gasteiger partial charge in [-0.15, -0.1) is 24.8 Å². The maximum atomic E-state index is 11.3. The van der Waals surface area contributed by atoms with Gasteiger partial charge in [0.15, 0.2) is 0 Å². The molecule has 1 aromatic rings. The van der Waals surface area contributed by atoms with Crippen molar-refractivity contribution in [2.24, 2.45) is 5.73 Å². The van der Waals surface area contributed by atoms with Gasteiger partial charge in [0, 0.05) is 31.6 Å². The van der Waals surface area contributed by atoms with E-state index in [9.17, 15) is 24.8 Å². The Morgan fingerprint density at radius 1 is 1.29 bits per heavy atom. The molecule has 1 saturated heterocycles. The van der Waals surface area contributed by atoms with E-state index in [0.29, 0.717) is 5.56 Å². The number of carboxylic acids is 2. The quantitative estimate of drug-likeness (QED) is 0.502. The minimum atomic E-state index is -1.61. The normalized spacial score (nSPS) is 23.0. The molecule has 2 rings (SSSR count). The van der Waals surface area contributed by atoms with Gasteiger partial charge in [-0.05, 0) is 5.56 Å². The maximum Gasteiger partial charge on any atom is 0.325 e. The molecule has 1 aliphatic heterocycles. The number of hydrogen-bond acceptors (Lipinski definition) is 6. The average molecular weight is 382 g/mol. The highest BCUT2D eigenvalue weighted by molar-refractivity contribution is 5.85. The lowest BCUT2D eigenvalue weighted by Gasteiger charge is -2.21. The smallest absolute Gasteiger partial charge is 0.325 e. The van der Waals surface area contributed by atoms with Crippen molar-refractivity contribution in [2.45, 2.75) is 24.5 Å². The molecular weight excluding hydrogens is 365 g/mol. The lowest BCUT2D eigenvalue weighted by Crippen LogP contribution is -2.50. The molecule has 4 N–H and O–H groups in total. The molecule has 0 unspecified atom stereocenters. The van der Waals surface area contributed by atoms with Gasteiger partial charge in [-0.3, -0.25) is 24.6 Å². The lowest BCUT2D eigenvalue weighted by molar-refractivity contribution is -0.384. The molecule has 0 saturated carbocycles. The molecule has 0 spiro atoms. The molecule has 1 aromatic carbocycles. The first-order valence-electron chi connectivity index (χ1n) is 6.45. The second-order valence-corrected chi connectivity index (χ2v) is 5.35. The third-order valence-electron chi connectivity index (χ3n) is 3.73. The SMILES string of the molecule is Cl.Cl.N[C@]1(C(=O)O)C[C@H](C(=O)O)N(Cc2ccc([N+](=O)[O-])cc2)C1. The standard InChI is InChI=1S/C13H15N3O6.2ClH/c14-13(12(19)20)5-10(11(17)18)15(7-13)6-8-1-3-9(4-2-8)16(21)22;;/h1-4,10H,5-7,14H2,(H,17,18)(H,19,20);2*1H/t10-,13-;;/m1../s1. The highest BCUT2D eigenvalue weighted by atomic mass is 35.5. The number of rotatable bonds is 5. The molecule has 0 aliphatic carbocycles. The van der Waals surface area contributed by atoms with Crippen molar-refractivity contribution < 1.29 is 24.7 Å². The van der Waals surface area contributed by atoms with E-state index in [1.54, 1.807) is 0 Å². The lowest BCUT2D eigenvalue weighted by atomic mass is 9.98. The van der Waals surface area contributed by atoms with E-state index in [-0.39, 0.29) is 50.0 Å². The number of halogens is 2. The summed E-state index contributed by atoms with van der Waals surface area (Å²) in [5, 5.41) is 28.9. The predicted octanol–water partition coefficient (Wildman–Crippen LogP) is 0.879. The first-order chi connectivity index (χ1) is 10.2. The van der Waals surface area contributed by atoms with Crippen LogP contribution in [0.3, 0.4) is 0 Å². The van der Waals surface area contributed by atoms with Crippen LogP contribution in [-0.4, -0.2) is 50.1 Å². The number of nitro groups is 1. The summed E-state index contributed by atoms with van der Waals surface area (Å²) >= 11 is 0. The minimum absolute atomic E-state index is 0. The largest absolute Gasteiger partial charge is 0.480 e. The molecule has 0 aromatic heterocycles. The number of nitrogens with zero attached hydrogens (tertiary/aromatic N) is 2. The van der Waals surface area contributed by atoms with Crippen molar-refractivity contribution >= 4 is 42.4 Å². The van der Waals surface area contributed by atoms with Crippen LogP contribution in [-0.2, 0) is 16.1 Å². The van der Waals surface area contributed by atoms with Crippen LogP contribution in [0.5, 0.6) is 0 Å². The van der Waals surface area contributed by atoms with Crippen molar-refractivity contribution in [3.8, 4) is 0 Å². The van der Waals surface area contributed by atoms with Gasteiger partial charge in [0.25, 0.3) is 5.69 Å².